The minimum atomic E-state index is -0.221. The number of benzene rings is 3. The van der Waals surface area contributed by atoms with Crippen molar-refractivity contribution in [2.24, 2.45) is 0 Å². The Morgan fingerprint density at radius 1 is 0.944 bits per heavy atom. The molecule has 36 heavy (non-hydrogen) atoms. The molecule has 0 amide bonds. The lowest BCUT2D eigenvalue weighted by molar-refractivity contribution is -0.116. The van der Waals surface area contributed by atoms with E-state index in [1.807, 2.05) is 60.1 Å². The lowest BCUT2D eigenvalue weighted by Crippen LogP contribution is -2.26. The van der Waals surface area contributed by atoms with Gasteiger partial charge in [-0.05, 0) is 42.2 Å². The van der Waals surface area contributed by atoms with Crippen LogP contribution in [-0.4, -0.2) is 15.6 Å². The standard InChI is InChI=1S/C31H28N2O3/c1-21-28-29(24-14-8-15-25(18-24)35-20-23-12-6-3-7-13-23)30-26(34)16-9-17-27(30)36-31(28)33(32-21)19-22-10-4-2-5-11-22/h2-8,10-15,18,29H,9,16-17,19-20H2,1H3/t29-/m0/s1. The van der Waals surface area contributed by atoms with Gasteiger partial charge in [-0.2, -0.15) is 5.10 Å². The first-order chi connectivity index (χ1) is 17.7. The molecule has 0 saturated carbocycles. The number of fused-ring (bicyclic) bond motifs is 1. The van der Waals surface area contributed by atoms with Crippen LogP contribution in [0.2, 0.25) is 0 Å². The molecular weight excluding hydrogens is 448 g/mol. The molecule has 0 saturated heterocycles. The number of ketones is 1. The van der Waals surface area contributed by atoms with Gasteiger partial charge in [-0.15, -0.1) is 0 Å². The average molecular weight is 477 g/mol. The van der Waals surface area contributed by atoms with E-state index >= 15 is 0 Å². The van der Waals surface area contributed by atoms with Gasteiger partial charge in [0.05, 0.1) is 12.2 Å². The summed E-state index contributed by atoms with van der Waals surface area (Å²) in [4.78, 5) is 13.2. The van der Waals surface area contributed by atoms with Gasteiger partial charge in [0.15, 0.2) is 5.78 Å². The maximum Gasteiger partial charge on any atom is 0.222 e. The van der Waals surface area contributed by atoms with Gasteiger partial charge in [0, 0.05) is 29.9 Å². The maximum atomic E-state index is 13.2. The van der Waals surface area contributed by atoms with E-state index < -0.39 is 0 Å². The van der Waals surface area contributed by atoms with Crippen LogP contribution in [0.1, 0.15) is 53.1 Å². The van der Waals surface area contributed by atoms with Crippen LogP contribution < -0.4 is 9.47 Å². The Kier molecular flexibility index (Phi) is 5.90. The molecule has 5 nitrogen and oxygen atoms in total. The monoisotopic (exact) mass is 476 g/mol. The van der Waals surface area contributed by atoms with Gasteiger partial charge in [0.1, 0.15) is 18.1 Å². The zero-order valence-electron chi connectivity index (χ0n) is 20.3. The summed E-state index contributed by atoms with van der Waals surface area (Å²) in [7, 11) is 0. The number of aromatic nitrogens is 2. The molecule has 5 heteroatoms. The Labute approximate surface area is 211 Å². The number of ether oxygens (including phenoxy) is 2. The third-order valence-electron chi connectivity index (χ3n) is 6.95. The summed E-state index contributed by atoms with van der Waals surface area (Å²) < 4.78 is 14.5. The minimum absolute atomic E-state index is 0.165. The van der Waals surface area contributed by atoms with Crippen molar-refractivity contribution in [3.63, 3.8) is 0 Å². The Morgan fingerprint density at radius 3 is 2.47 bits per heavy atom. The number of hydrogen-bond donors (Lipinski definition) is 0. The minimum Gasteiger partial charge on any atom is -0.489 e. The van der Waals surface area contributed by atoms with E-state index in [-0.39, 0.29) is 11.7 Å². The number of aryl methyl sites for hydroxylation is 1. The number of nitrogens with zero attached hydrogens (tertiary/aromatic N) is 2. The molecule has 2 heterocycles. The molecule has 0 unspecified atom stereocenters. The fraction of sp³-hybridized carbons (Fsp3) is 0.226. The summed E-state index contributed by atoms with van der Waals surface area (Å²) in [6.07, 6.45) is 2.12. The van der Waals surface area contributed by atoms with Crippen molar-refractivity contribution in [2.75, 3.05) is 0 Å². The van der Waals surface area contributed by atoms with Crippen LogP contribution in [0.5, 0.6) is 11.6 Å². The summed E-state index contributed by atoms with van der Waals surface area (Å²) in [5.74, 6) is 2.25. The van der Waals surface area contributed by atoms with Gasteiger partial charge >= 0.3 is 0 Å². The summed E-state index contributed by atoms with van der Waals surface area (Å²) in [6.45, 7) is 3.11. The van der Waals surface area contributed by atoms with Crippen LogP contribution in [0.15, 0.2) is 96.3 Å². The molecule has 1 atom stereocenters. The van der Waals surface area contributed by atoms with E-state index in [9.17, 15) is 4.79 Å². The second-order valence-electron chi connectivity index (χ2n) is 9.44. The third kappa shape index (κ3) is 4.22. The van der Waals surface area contributed by atoms with Crippen molar-refractivity contribution in [2.45, 2.75) is 45.3 Å². The van der Waals surface area contributed by atoms with Gasteiger partial charge in [-0.25, -0.2) is 4.68 Å². The van der Waals surface area contributed by atoms with E-state index in [1.54, 1.807) is 0 Å². The fourth-order valence-corrected chi connectivity index (χ4v) is 5.26. The second-order valence-corrected chi connectivity index (χ2v) is 9.44. The van der Waals surface area contributed by atoms with Gasteiger partial charge in [-0.1, -0.05) is 72.8 Å². The van der Waals surface area contributed by atoms with Gasteiger partial charge in [0.2, 0.25) is 5.88 Å². The number of hydrogen-bond acceptors (Lipinski definition) is 4. The highest BCUT2D eigenvalue weighted by Gasteiger charge is 2.40. The molecule has 0 N–H and O–H groups in total. The number of carbonyl (C=O) groups excluding carboxylic acids is 1. The molecule has 180 valence electrons. The zero-order chi connectivity index (χ0) is 24.5. The molecule has 0 radical (unpaired) electrons. The molecule has 0 bridgehead atoms. The van der Waals surface area contributed by atoms with E-state index in [2.05, 4.69) is 36.4 Å². The van der Waals surface area contributed by atoms with Crippen molar-refractivity contribution in [3.05, 3.63) is 124 Å². The van der Waals surface area contributed by atoms with Crippen molar-refractivity contribution in [1.29, 1.82) is 0 Å². The van der Waals surface area contributed by atoms with Crippen molar-refractivity contribution in [1.82, 2.24) is 9.78 Å². The van der Waals surface area contributed by atoms with Crippen molar-refractivity contribution >= 4 is 5.78 Å². The molecule has 3 aromatic carbocycles. The molecule has 1 aliphatic carbocycles. The smallest absolute Gasteiger partial charge is 0.222 e. The molecule has 4 aromatic rings. The van der Waals surface area contributed by atoms with E-state index in [0.717, 1.165) is 63.8 Å². The van der Waals surface area contributed by atoms with E-state index in [4.69, 9.17) is 14.6 Å². The first-order valence-corrected chi connectivity index (χ1v) is 12.5. The SMILES string of the molecule is Cc1nn(Cc2ccccc2)c2c1[C@H](c1cccc(OCc3ccccc3)c1)C1=C(CCCC1=O)O2. The Bertz CT molecular complexity index is 1440. The molecule has 0 spiro atoms. The van der Waals surface area contributed by atoms with Crippen molar-refractivity contribution in [3.8, 4) is 11.6 Å². The third-order valence-corrected chi connectivity index (χ3v) is 6.95. The number of rotatable bonds is 6. The van der Waals surface area contributed by atoms with Crippen LogP contribution in [0.4, 0.5) is 0 Å². The zero-order valence-corrected chi connectivity index (χ0v) is 20.3. The molecular formula is C31H28N2O3. The summed E-state index contributed by atoms with van der Waals surface area (Å²) in [5.41, 5.74) is 5.92. The first-order valence-electron chi connectivity index (χ1n) is 12.5. The first kappa shape index (κ1) is 22.4. The maximum absolute atomic E-state index is 13.2. The normalized spacial score (nSPS) is 16.8. The Balaban J connectivity index is 1.40. The highest BCUT2D eigenvalue weighted by Crippen LogP contribution is 2.48. The average Bonchev–Trinajstić information content (AvgIpc) is 3.22. The molecule has 2 aliphatic rings. The Morgan fingerprint density at radius 2 is 1.69 bits per heavy atom. The van der Waals surface area contributed by atoms with Crippen LogP contribution in [0.25, 0.3) is 0 Å². The van der Waals surface area contributed by atoms with Crippen LogP contribution in [0, 0.1) is 6.92 Å². The van der Waals surface area contributed by atoms with Crippen LogP contribution in [-0.2, 0) is 17.9 Å². The highest BCUT2D eigenvalue weighted by molar-refractivity contribution is 5.99. The molecule has 1 aromatic heterocycles. The number of allylic oxidation sites excluding steroid dienone is 2. The number of Topliss-reactive ketones (excluding diaryl/α,β-unsaturated/α-hetero) is 1. The number of carbonyl (C=O) groups is 1. The van der Waals surface area contributed by atoms with Crippen LogP contribution in [0.3, 0.4) is 0 Å². The summed E-state index contributed by atoms with van der Waals surface area (Å²) in [6, 6.07) is 28.5. The predicted molar refractivity (Wildman–Crippen MR) is 138 cm³/mol. The van der Waals surface area contributed by atoms with Gasteiger partial charge in [-0.3, -0.25) is 4.79 Å². The van der Waals surface area contributed by atoms with Gasteiger partial charge < -0.3 is 9.47 Å². The topological polar surface area (TPSA) is 53.4 Å². The Hall–Kier alpha value is -4.12. The quantitative estimate of drug-likeness (QED) is 0.325. The lowest BCUT2D eigenvalue weighted by Gasteiger charge is -2.31. The van der Waals surface area contributed by atoms with Gasteiger partial charge in [0.25, 0.3) is 0 Å². The largest absolute Gasteiger partial charge is 0.489 e. The predicted octanol–water partition coefficient (Wildman–Crippen LogP) is 6.35. The fourth-order valence-electron chi connectivity index (χ4n) is 5.26. The van der Waals surface area contributed by atoms with E-state index in [0.29, 0.717) is 19.6 Å². The second kappa shape index (κ2) is 9.50. The molecule has 0 fully saturated rings. The van der Waals surface area contributed by atoms with E-state index in [1.165, 1.54) is 0 Å². The highest BCUT2D eigenvalue weighted by atomic mass is 16.5. The summed E-state index contributed by atoms with van der Waals surface area (Å²) >= 11 is 0. The molecule has 6 rings (SSSR count). The molecule has 1 aliphatic heterocycles. The lowest BCUT2D eigenvalue weighted by atomic mass is 9.77. The van der Waals surface area contributed by atoms with Crippen molar-refractivity contribution < 1.29 is 14.3 Å². The van der Waals surface area contributed by atoms with Crippen LogP contribution >= 0.6 is 0 Å². The summed E-state index contributed by atoms with van der Waals surface area (Å²) in [5, 5.41) is 4.87.